The van der Waals surface area contributed by atoms with E-state index in [1.165, 1.54) is 47.2 Å². The molecule has 2 fully saturated rings. The van der Waals surface area contributed by atoms with Gasteiger partial charge in [-0.1, -0.05) is 0 Å². The van der Waals surface area contributed by atoms with Gasteiger partial charge in [0.2, 0.25) is 5.95 Å². The number of likely N-dealkylation sites (tertiary alicyclic amines) is 1. The Morgan fingerprint density at radius 1 is 1.17 bits per heavy atom. The second-order valence-electron chi connectivity index (χ2n) is 8.74. The summed E-state index contributed by atoms with van der Waals surface area (Å²) in [6, 6.07) is 8.48. The number of fused-ring (bicyclic) bond motifs is 1. The number of hydrogen-bond donors (Lipinski definition) is 0. The van der Waals surface area contributed by atoms with E-state index in [9.17, 15) is 22.8 Å². The highest BCUT2D eigenvalue weighted by molar-refractivity contribution is 5.94. The van der Waals surface area contributed by atoms with Crippen molar-refractivity contribution in [1.29, 1.82) is 0 Å². The molecule has 3 aromatic rings. The number of alkyl halides is 2. The molecule has 1 aromatic carbocycles. The summed E-state index contributed by atoms with van der Waals surface area (Å²) in [6.45, 7) is -1.87. The zero-order valence-corrected chi connectivity index (χ0v) is 18.9. The average molecular weight is 485 g/mol. The van der Waals surface area contributed by atoms with Crippen LogP contribution in [0, 0.1) is 17.7 Å². The van der Waals surface area contributed by atoms with Gasteiger partial charge in [-0.15, -0.1) is 0 Å². The molecule has 2 aromatic heterocycles. The minimum atomic E-state index is -2.92. The number of ether oxygens (including phenoxy) is 1. The predicted molar refractivity (Wildman–Crippen MR) is 121 cm³/mol. The van der Waals surface area contributed by atoms with Crippen LogP contribution in [0.2, 0.25) is 0 Å². The molecule has 182 valence electrons. The summed E-state index contributed by atoms with van der Waals surface area (Å²) in [6.07, 6.45) is 2.52. The number of benzene rings is 1. The summed E-state index contributed by atoms with van der Waals surface area (Å²) in [5.41, 5.74) is 0.519. The van der Waals surface area contributed by atoms with E-state index >= 15 is 0 Å². The third-order valence-electron chi connectivity index (χ3n) is 6.68. The molecule has 0 bridgehead atoms. The molecule has 8 nitrogen and oxygen atoms in total. The standard InChI is InChI=1S/C24H22F3N5O3/c1-30-20(33)9-19(15-7-8-28-10-18(15)25)29-24(30)31(2)21-16-11-32(12-17(16)21)22(34)13-3-5-14(6-4-13)35-23(26)27/h3-10,16-17,21,23H,11-12H2,1-2H3/t16-,17+,21+. The highest BCUT2D eigenvalue weighted by Crippen LogP contribution is 2.49. The lowest BCUT2D eigenvalue weighted by Crippen LogP contribution is -2.38. The Kier molecular flexibility index (Phi) is 5.70. The van der Waals surface area contributed by atoms with Crippen molar-refractivity contribution in [3.8, 4) is 17.0 Å². The minimum Gasteiger partial charge on any atom is -0.435 e. The zero-order chi connectivity index (χ0) is 24.9. The van der Waals surface area contributed by atoms with Crippen molar-refractivity contribution in [3.05, 3.63) is 70.5 Å². The van der Waals surface area contributed by atoms with Crippen LogP contribution in [-0.4, -0.2) is 58.1 Å². The molecule has 5 rings (SSSR count). The van der Waals surface area contributed by atoms with Crippen molar-refractivity contribution in [2.24, 2.45) is 18.9 Å². The van der Waals surface area contributed by atoms with Crippen molar-refractivity contribution in [1.82, 2.24) is 19.4 Å². The minimum absolute atomic E-state index is 0.00509. The van der Waals surface area contributed by atoms with Crippen LogP contribution < -0.4 is 15.2 Å². The third kappa shape index (κ3) is 4.22. The number of pyridine rings is 1. The number of aromatic nitrogens is 3. The van der Waals surface area contributed by atoms with E-state index in [1.807, 2.05) is 11.9 Å². The first kappa shape index (κ1) is 22.9. The van der Waals surface area contributed by atoms with Crippen LogP contribution in [0.5, 0.6) is 5.75 Å². The van der Waals surface area contributed by atoms with Gasteiger partial charge in [0.1, 0.15) is 5.75 Å². The maximum absolute atomic E-state index is 14.2. The summed E-state index contributed by atoms with van der Waals surface area (Å²) in [4.78, 5) is 37.4. The third-order valence-corrected chi connectivity index (χ3v) is 6.68. The lowest BCUT2D eigenvalue weighted by molar-refractivity contribution is -0.0498. The number of carbonyl (C=O) groups is 1. The molecule has 2 aliphatic rings. The molecule has 1 aliphatic heterocycles. The summed E-state index contributed by atoms with van der Waals surface area (Å²) < 4.78 is 44.6. The topological polar surface area (TPSA) is 80.6 Å². The van der Waals surface area contributed by atoms with Gasteiger partial charge < -0.3 is 14.5 Å². The first-order valence-corrected chi connectivity index (χ1v) is 11.0. The van der Waals surface area contributed by atoms with E-state index in [4.69, 9.17) is 0 Å². The van der Waals surface area contributed by atoms with Crippen molar-refractivity contribution >= 4 is 11.9 Å². The number of anilines is 1. The molecule has 1 saturated carbocycles. The van der Waals surface area contributed by atoms with Crippen LogP contribution in [0.4, 0.5) is 19.1 Å². The van der Waals surface area contributed by atoms with Crippen LogP contribution in [0.1, 0.15) is 10.4 Å². The molecular formula is C24H22F3N5O3. The monoisotopic (exact) mass is 485 g/mol. The number of carbonyl (C=O) groups excluding carboxylic acids is 1. The van der Waals surface area contributed by atoms with Gasteiger partial charge in [0.25, 0.3) is 11.5 Å². The summed E-state index contributed by atoms with van der Waals surface area (Å²) in [5, 5.41) is 0. The Hall–Kier alpha value is -3.89. The summed E-state index contributed by atoms with van der Waals surface area (Å²) >= 11 is 0. The van der Waals surface area contributed by atoms with Crippen LogP contribution in [0.15, 0.2) is 53.6 Å². The molecule has 0 radical (unpaired) electrons. The SMILES string of the molecule is CN(c1nc(-c2ccncc2F)cc(=O)n1C)[C@H]1[C@@H]2CN(C(=O)c3ccc(OC(F)F)cc3)C[C@@H]21. The Morgan fingerprint density at radius 2 is 1.86 bits per heavy atom. The summed E-state index contributed by atoms with van der Waals surface area (Å²) in [7, 11) is 3.45. The van der Waals surface area contributed by atoms with E-state index in [0.717, 1.165) is 6.20 Å². The van der Waals surface area contributed by atoms with Crippen molar-refractivity contribution in [2.45, 2.75) is 12.7 Å². The van der Waals surface area contributed by atoms with E-state index in [2.05, 4.69) is 14.7 Å². The quantitative estimate of drug-likeness (QED) is 0.534. The first-order chi connectivity index (χ1) is 16.7. The number of rotatable bonds is 6. The Labute approximate surface area is 198 Å². The molecule has 0 N–H and O–H groups in total. The first-order valence-electron chi connectivity index (χ1n) is 11.0. The number of nitrogens with zero attached hydrogens (tertiary/aromatic N) is 5. The molecule has 0 spiro atoms. The van der Waals surface area contributed by atoms with Crippen LogP contribution >= 0.6 is 0 Å². The highest BCUT2D eigenvalue weighted by atomic mass is 19.3. The molecule has 3 heterocycles. The molecule has 11 heteroatoms. The maximum Gasteiger partial charge on any atom is 0.387 e. The Morgan fingerprint density at radius 3 is 2.49 bits per heavy atom. The molecular weight excluding hydrogens is 463 g/mol. The second-order valence-corrected chi connectivity index (χ2v) is 8.74. The smallest absolute Gasteiger partial charge is 0.387 e. The van der Waals surface area contributed by atoms with Gasteiger partial charge in [-0.05, 0) is 30.3 Å². The molecule has 3 atom stereocenters. The maximum atomic E-state index is 14.2. The molecule has 1 amide bonds. The number of piperidine rings is 1. The lowest BCUT2D eigenvalue weighted by Gasteiger charge is -2.26. The van der Waals surface area contributed by atoms with Gasteiger partial charge >= 0.3 is 6.61 Å². The predicted octanol–water partition coefficient (Wildman–Crippen LogP) is 2.79. The number of halogens is 3. The molecule has 0 unspecified atom stereocenters. The largest absolute Gasteiger partial charge is 0.435 e. The van der Waals surface area contributed by atoms with Crippen molar-refractivity contribution in [3.63, 3.8) is 0 Å². The lowest BCUT2D eigenvalue weighted by atomic mass is 10.2. The molecule has 1 saturated heterocycles. The zero-order valence-electron chi connectivity index (χ0n) is 18.9. The van der Waals surface area contributed by atoms with E-state index in [0.29, 0.717) is 24.6 Å². The van der Waals surface area contributed by atoms with Gasteiger partial charge in [0.15, 0.2) is 5.82 Å². The van der Waals surface area contributed by atoms with Gasteiger partial charge in [0, 0.05) is 68.5 Å². The summed E-state index contributed by atoms with van der Waals surface area (Å²) in [5.74, 6) is 0.0633. The molecule has 35 heavy (non-hydrogen) atoms. The molecule has 1 aliphatic carbocycles. The highest BCUT2D eigenvalue weighted by Gasteiger charge is 2.59. The van der Waals surface area contributed by atoms with E-state index in [-0.39, 0.29) is 46.4 Å². The number of hydrogen-bond acceptors (Lipinski definition) is 6. The average Bonchev–Trinajstić information content (AvgIpc) is 3.33. The van der Waals surface area contributed by atoms with Gasteiger partial charge in [-0.3, -0.25) is 19.1 Å². The van der Waals surface area contributed by atoms with Crippen LogP contribution in [0.25, 0.3) is 11.3 Å². The normalized spacial score (nSPS) is 20.6. The fourth-order valence-electron chi connectivity index (χ4n) is 4.89. The van der Waals surface area contributed by atoms with E-state index in [1.54, 1.807) is 11.9 Å². The second kappa shape index (κ2) is 8.71. The van der Waals surface area contributed by atoms with E-state index < -0.39 is 12.4 Å². The van der Waals surface area contributed by atoms with Crippen LogP contribution in [0.3, 0.4) is 0 Å². The number of amides is 1. The van der Waals surface area contributed by atoms with Gasteiger partial charge in [-0.25, -0.2) is 9.37 Å². The van der Waals surface area contributed by atoms with Crippen molar-refractivity contribution in [2.75, 3.05) is 25.0 Å². The van der Waals surface area contributed by atoms with Gasteiger partial charge in [-0.2, -0.15) is 8.78 Å². The van der Waals surface area contributed by atoms with Crippen LogP contribution in [-0.2, 0) is 7.05 Å². The van der Waals surface area contributed by atoms with Gasteiger partial charge in [0.05, 0.1) is 11.9 Å². The fourth-order valence-corrected chi connectivity index (χ4v) is 4.89. The fraction of sp³-hybridized carbons (Fsp3) is 0.333. The Bertz CT molecular complexity index is 1320. The Balaban J connectivity index is 1.29. The van der Waals surface area contributed by atoms with Crippen molar-refractivity contribution < 1.29 is 22.7 Å².